The van der Waals surface area contributed by atoms with Crippen molar-refractivity contribution in [2.24, 2.45) is 0 Å². The highest BCUT2D eigenvalue weighted by atomic mass is 16.2. The van der Waals surface area contributed by atoms with Gasteiger partial charge in [-0.15, -0.1) is 0 Å². The molecule has 0 atom stereocenters. The van der Waals surface area contributed by atoms with Crippen LogP contribution in [0.4, 0.5) is 5.69 Å². The predicted molar refractivity (Wildman–Crippen MR) is 87.0 cm³/mol. The number of nitrogens with two attached hydrogens (primary N) is 1. The molecular weight excluding hydrogens is 260 g/mol. The topological polar surface area (TPSA) is 46.3 Å². The first-order valence-corrected chi connectivity index (χ1v) is 7.20. The Bertz CT molecular complexity index is 620. The molecule has 0 aromatic heterocycles. The summed E-state index contributed by atoms with van der Waals surface area (Å²) in [6, 6.07) is 15.7. The van der Waals surface area contributed by atoms with Gasteiger partial charge in [0.15, 0.2) is 0 Å². The lowest BCUT2D eigenvalue weighted by atomic mass is 10.1. The summed E-state index contributed by atoms with van der Waals surface area (Å²) in [6.45, 7) is 6.55. The van der Waals surface area contributed by atoms with Crippen molar-refractivity contribution < 1.29 is 4.79 Å². The molecule has 0 unspecified atom stereocenters. The Morgan fingerprint density at radius 3 is 2.38 bits per heavy atom. The lowest BCUT2D eigenvalue weighted by molar-refractivity contribution is 0.0691. The van der Waals surface area contributed by atoms with Gasteiger partial charge in [-0.2, -0.15) is 0 Å². The van der Waals surface area contributed by atoms with Crippen molar-refractivity contribution in [3.05, 3.63) is 65.2 Å². The molecule has 21 heavy (non-hydrogen) atoms. The van der Waals surface area contributed by atoms with E-state index in [1.165, 1.54) is 0 Å². The van der Waals surface area contributed by atoms with E-state index in [9.17, 15) is 4.79 Å². The van der Waals surface area contributed by atoms with Crippen molar-refractivity contribution in [1.82, 2.24) is 4.90 Å². The van der Waals surface area contributed by atoms with Gasteiger partial charge < -0.3 is 10.6 Å². The molecule has 0 aliphatic carbocycles. The first-order valence-electron chi connectivity index (χ1n) is 7.20. The monoisotopic (exact) mass is 282 g/mol. The Morgan fingerprint density at radius 1 is 1.10 bits per heavy atom. The van der Waals surface area contributed by atoms with Gasteiger partial charge in [0.2, 0.25) is 0 Å². The number of amides is 1. The normalized spacial score (nSPS) is 10.7. The van der Waals surface area contributed by atoms with Gasteiger partial charge in [0.25, 0.3) is 5.91 Å². The van der Waals surface area contributed by atoms with Crippen LogP contribution in [0.1, 0.15) is 35.3 Å². The van der Waals surface area contributed by atoms with Gasteiger partial charge in [0.1, 0.15) is 0 Å². The van der Waals surface area contributed by atoms with Gasteiger partial charge in [-0.25, -0.2) is 0 Å². The van der Waals surface area contributed by atoms with Crippen LogP contribution in [0.5, 0.6) is 0 Å². The van der Waals surface area contributed by atoms with Crippen LogP contribution >= 0.6 is 0 Å². The molecule has 2 aromatic carbocycles. The maximum absolute atomic E-state index is 12.8. The summed E-state index contributed by atoms with van der Waals surface area (Å²) >= 11 is 0. The Kier molecular flexibility index (Phi) is 4.63. The van der Waals surface area contributed by atoms with Gasteiger partial charge in [-0.05, 0) is 38.0 Å². The second-order valence-electron chi connectivity index (χ2n) is 5.55. The third-order valence-electron chi connectivity index (χ3n) is 3.63. The van der Waals surface area contributed by atoms with E-state index in [1.807, 2.05) is 68.1 Å². The Labute approximate surface area is 126 Å². The molecule has 0 aliphatic rings. The van der Waals surface area contributed by atoms with Gasteiger partial charge >= 0.3 is 0 Å². The molecule has 2 N–H and O–H groups in total. The fourth-order valence-corrected chi connectivity index (χ4v) is 2.29. The molecule has 0 aliphatic heterocycles. The standard InChI is InChI=1S/C18H22N2O/c1-13(2)20(12-15-9-5-4-6-10-15)18(21)16-11-7-8-14(3)17(16)19/h4-11,13H,12,19H2,1-3H3. The van der Waals surface area contributed by atoms with Crippen molar-refractivity contribution in [3.63, 3.8) is 0 Å². The molecule has 0 saturated heterocycles. The van der Waals surface area contributed by atoms with Crippen LogP contribution in [-0.2, 0) is 6.54 Å². The number of hydrogen-bond acceptors (Lipinski definition) is 2. The van der Waals surface area contributed by atoms with Crippen molar-refractivity contribution in [3.8, 4) is 0 Å². The molecule has 0 bridgehead atoms. The summed E-state index contributed by atoms with van der Waals surface area (Å²) in [4.78, 5) is 14.7. The van der Waals surface area contributed by atoms with Gasteiger partial charge in [-0.3, -0.25) is 4.79 Å². The van der Waals surface area contributed by atoms with Crippen LogP contribution < -0.4 is 5.73 Å². The summed E-state index contributed by atoms with van der Waals surface area (Å²) in [7, 11) is 0. The Balaban J connectivity index is 2.30. The molecule has 2 aromatic rings. The number of nitrogen functional groups attached to an aromatic ring is 1. The zero-order chi connectivity index (χ0) is 15.4. The van der Waals surface area contributed by atoms with Gasteiger partial charge in [0.05, 0.1) is 5.56 Å². The number of carbonyl (C=O) groups excluding carboxylic acids is 1. The summed E-state index contributed by atoms with van der Waals surface area (Å²) in [6.07, 6.45) is 0. The zero-order valence-electron chi connectivity index (χ0n) is 12.8. The van der Waals surface area contributed by atoms with E-state index >= 15 is 0 Å². The maximum Gasteiger partial charge on any atom is 0.256 e. The second kappa shape index (κ2) is 6.44. The second-order valence-corrected chi connectivity index (χ2v) is 5.55. The summed E-state index contributed by atoms with van der Waals surface area (Å²) in [5, 5.41) is 0. The maximum atomic E-state index is 12.8. The fourth-order valence-electron chi connectivity index (χ4n) is 2.29. The number of benzene rings is 2. The highest BCUT2D eigenvalue weighted by Crippen LogP contribution is 2.20. The van der Waals surface area contributed by atoms with Crippen LogP contribution in [0.2, 0.25) is 0 Å². The van der Waals surface area contributed by atoms with Gasteiger partial charge in [-0.1, -0.05) is 42.5 Å². The van der Waals surface area contributed by atoms with E-state index in [0.717, 1.165) is 11.1 Å². The molecule has 2 rings (SSSR count). The minimum atomic E-state index is -0.0185. The molecule has 0 heterocycles. The number of rotatable bonds is 4. The molecular formula is C18H22N2O. The highest BCUT2D eigenvalue weighted by Gasteiger charge is 2.21. The Hall–Kier alpha value is -2.29. The highest BCUT2D eigenvalue weighted by molar-refractivity contribution is 5.99. The first kappa shape index (κ1) is 15.1. The van der Waals surface area contributed by atoms with E-state index in [2.05, 4.69) is 0 Å². The number of para-hydroxylation sites is 1. The molecule has 1 amide bonds. The van der Waals surface area contributed by atoms with Crippen molar-refractivity contribution in [2.75, 3.05) is 5.73 Å². The Morgan fingerprint density at radius 2 is 1.76 bits per heavy atom. The molecule has 0 radical (unpaired) electrons. The van der Waals surface area contributed by atoms with Crippen molar-refractivity contribution >= 4 is 11.6 Å². The number of nitrogens with zero attached hydrogens (tertiary/aromatic N) is 1. The summed E-state index contributed by atoms with van der Waals surface area (Å²) < 4.78 is 0. The van der Waals surface area contributed by atoms with E-state index < -0.39 is 0 Å². The minimum Gasteiger partial charge on any atom is -0.398 e. The van der Waals surface area contributed by atoms with Crippen LogP contribution in [0, 0.1) is 6.92 Å². The lowest BCUT2D eigenvalue weighted by Crippen LogP contribution is -2.36. The summed E-state index contributed by atoms with van der Waals surface area (Å²) in [5.74, 6) is -0.0185. The number of carbonyl (C=O) groups is 1. The molecule has 0 spiro atoms. The third-order valence-corrected chi connectivity index (χ3v) is 3.63. The predicted octanol–water partition coefficient (Wildman–Crippen LogP) is 3.63. The number of aryl methyl sites for hydroxylation is 1. The number of anilines is 1. The lowest BCUT2D eigenvalue weighted by Gasteiger charge is -2.27. The summed E-state index contributed by atoms with van der Waals surface area (Å²) in [5.41, 5.74) is 9.27. The molecule has 3 heteroatoms. The van der Waals surface area contributed by atoms with E-state index in [-0.39, 0.29) is 11.9 Å². The largest absolute Gasteiger partial charge is 0.398 e. The van der Waals surface area contributed by atoms with Crippen LogP contribution in [0.15, 0.2) is 48.5 Å². The quantitative estimate of drug-likeness (QED) is 0.870. The molecule has 3 nitrogen and oxygen atoms in total. The SMILES string of the molecule is Cc1cccc(C(=O)N(Cc2ccccc2)C(C)C)c1N. The third kappa shape index (κ3) is 3.43. The van der Waals surface area contributed by atoms with E-state index in [1.54, 1.807) is 6.07 Å². The van der Waals surface area contributed by atoms with Crippen molar-refractivity contribution in [2.45, 2.75) is 33.4 Å². The van der Waals surface area contributed by atoms with E-state index in [4.69, 9.17) is 5.73 Å². The molecule has 0 fully saturated rings. The smallest absolute Gasteiger partial charge is 0.256 e. The fraction of sp³-hybridized carbons (Fsp3) is 0.278. The average molecular weight is 282 g/mol. The minimum absolute atomic E-state index is 0.0185. The van der Waals surface area contributed by atoms with Crippen LogP contribution in [0.3, 0.4) is 0 Å². The first-order chi connectivity index (χ1) is 10.0. The number of hydrogen-bond donors (Lipinski definition) is 1. The van der Waals surface area contributed by atoms with Crippen LogP contribution in [-0.4, -0.2) is 16.8 Å². The van der Waals surface area contributed by atoms with Gasteiger partial charge in [0, 0.05) is 18.3 Å². The van der Waals surface area contributed by atoms with Crippen LogP contribution in [0.25, 0.3) is 0 Å². The van der Waals surface area contributed by atoms with Crippen molar-refractivity contribution in [1.29, 1.82) is 0 Å². The molecule has 110 valence electrons. The van der Waals surface area contributed by atoms with E-state index in [0.29, 0.717) is 17.8 Å². The molecule has 0 saturated carbocycles. The average Bonchev–Trinajstić information content (AvgIpc) is 2.48. The zero-order valence-corrected chi connectivity index (χ0v) is 12.8.